The molecule has 0 aliphatic carbocycles. The molecule has 0 spiro atoms. The van der Waals surface area contributed by atoms with Crippen LogP contribution in [0.25, 0.3) is 17.1 Å². The van der Waals surface area contributed by atoms with Gasteiger partial charge in [0, 0.05) is 18.2 Å². The zero-order valence-electron chi connectivity index (χ0n) is 12.4. The van der Waals surface area contributed by atoms with Gasteiger partial charge >= 0.3 is 0 Å². The van der Waals surface area contributed by atoms with E-state index in [0.29, 0.717) is 17.9 Å². The Bertz CT molecular complexity index is 668. The average Bonchev–Trinajstić information content (AvgIpc) is 2.79. The Balaban J connectivity index is 2.31. The van der Waals surface area contributed by atoms with Crippen LogP contribution in [0.1, 0.15) is 32.8 Å². The van der Waals surface area contributed by atoms with Gasteiger partial charge in [-0.3, -0.25) is 4.79 Å². The highest BCUT2D eigenvalue weighted by Crippen LogP contribution is 2.26. The first-order valence-electron chi connectivity index (χ1n) is 6.70. The molecule has 0 saturated heterocycles. The second kappa shape index (κ2) is 6.05. The molecule has 0 bridgehead atoms. The topological polar surface area (TPSA) is 88.1 Å². The predicted molar refractivity (Wildman–Crippen MR) is 80.0 cm³/mol. The minimum Gasteiger partial charge on any atom is -0.474 e. The van der Waals surface area contributed by atoms with E-state index in [1.54, 1.807) is 33.0 Å². The Hall–Kier alpha value is -2.21. The molecule has 2 rings (SSSR count). The lowest BCUT2D eigenvalue weighted by molar-refractivity contribution is -0.116. The van der Waals surface area contributed by atoms with Gasteiger partial charge in [-0.1, -0.05) is 12.2 Å². The first-order chi connectivity index (χ1) is 9.87. The largest absolute Gasteiger partial charge is 0.474 e. The van der Waals surface area contributed by atoms with Crippen LogP contribution in [0.5, 0.6) is 5.88 Å². The fraction of sp³-hybridized carbons (Fsp3) is 0.400. The molecule has 2 aromatic heterocycles. The molecule has 0 amide bonds. The molecule has 0 aromatic carbocycles. The Morgan fingerprint density at radius 3 is 2.90 bits per heavy atom. The van der Waals surface area contributed by atoms with E-state index in [1.807, 2.05) is 6.08 Å². The first-order valence-corrected chi connectivity index (χ1v) is 6.70. The number of hydrogen-bond acceptors (Lipinski definition) is 5. The summed E-state index contributed by atoms with van der Waals surface area (Å²) in [5.74, 6) is 0.506. The number of aliphatic hydroxyl groups is 1. The number of hydrogen-bond donors (Lipinski definition) is 2. The number of ether oxygens (including phenoxy) is 1. The second-order valence-electron chi connectivity index (χ2n) is 5.56. The Morgan fingerprint density at radius 1 is 1.48 bits per heavy atom. The van der Waals surface area contributed by atoms with Gasteiger partial charge in [0.25, 0.3) is 0 Å². The number of ketones is 1. The van der Waals surface area contributed by atoms with Gasteiger partial charge in [-0.25, -0.2) is 9.97 Å². The van der Waals surface area contributed by atoms with Crippen LogP contribution in [0.3, 0.4) is 0 Å². The fourth-order valence-electron chi connectivity index (χ4n) is 1.80. The molecule has 0 radical (unpaired) electrons. The summed E-state index contributed by atoms with van der Waals surface area (Å²) in [7, 11) is 0. The van der Waals surface area contributed by atoms with Crippen LogP contribution in [0.15, 0.2) is 18.6 Å². The Morgan fingerprint density at radius 2 is 2.24 bits per heavy atom. The fourth-order valence-corrected chi connectivity index (χ4v) is 1.80. The monoisotopic (exact) mass is 289 g/mol. The smallest absolute Gasteiger partial charge is 0.226 e. The van der Waals surface area contributed by atoms with Crippen molar-refractivity contribution in [1.82, 2.24) is 15.0 Å². The number of aromatic amines is 1. The zero-order valence-corrected chi connectivity index (χ0v) is 12.4. The van der Waals surface area contributed by atoms with E-state index in [9.17, 15) is 9.90 Å². The Kier molecular flexibility index (Phi) is 4.37. The number of Topliss-reactive ketones (excluding diaryl/α,β-unsaturated/α-hetero) is 1. The molecule has 0 aliphatic rings. The molecule has 112 valence electrons. The average molecular weight is 289 g/mol. The molecule has 21 heavy (non-hydrogen) atoms. The van der Waals surface area contributed by atoms with Crippen molar-refractivity contribution in [3.8, 4) is 5.88 Å². The SMILES string of the molecule is CC(=O)C/C=C/c1c[nH]c2ncnc(OCC(C)(C)O)c12. The lowest BCUT2D eigenvalue weighted by Crippen LogP contribution is -2.28. The molecule has 0 aliphatic heterocycles. The van der Waals surface area contributed by atoms with Gasteiger partial charge in [-0.05, 0) is 20.8 Å². The van der Waals surface area contributed by atoms with Crippen LogP contribution in [0, 0.1) is 0 Å². The summed E-state index contributed by atoms with van der Waals surface area (Å²) in [5.41, 5.74) is 0.550. The third kappa shape index (κ3) is 4.13. The van der Waals surface area contributed by atoms with E-state index in [-0.39, 0.29) is 12.4 Å². The highest BCUT2D eigenvalue weighted by atomic mass is 16.5. The summed E-state index contributed by atoms with van der Waals surface area (Å²) in [6, 6.07) is 0. The van der Waals surface area contributed by atoms with Crippen LogP contribution in [0.2, 0.25) is 0 Å². The van der Waals surface area contributed by atoms with Gasteiger partial charge < -0.3 is 14.8 Å². The maximum Gasteiger partial charge on any atom is 0.226 e. The molecule has 6 nitrogen and oxygen atoms in total. The Labute approximate surface area is 122 Å². The van der Waals surface area contributed by atoms with Crippen molar-refractivity contribution in [1.29, 1.82) is 0 Å². The van der Waals surface area contributed by atoms with E-state index >= 15 is 0 Å². The van der Waals surface area contributed by atoms with Gasteiger partial charge in [-0.2, -0.15) is 0 Å². The molecule has 2 heterocycles. The van der Waals surface area contributed by atoms with Crippen molar-refractivity contribution >= 4 is 22.9 Å². The van der Waals surface area contributed by atoms with Crippen molar-refractivity contribution in [3.05, 3.63) is 24.2 Å². The number of nitrogens with one attached hydrogen (secondary N) is 1. The third-order valence-electron chi connectivity index (χ3n) is 2.73. The predicted octanol–water partition coefficient (Wildman–Crippen LogP) is 2.10. The normalized spacial score (nSPS) is 12.2. The highest BCUT2D eigenvalue weighted by molar-refractivity contribution is 5.90. The van der Waals surface area contributed by atoms with Crippen molar-refractivity contribution in [2.24, 2.45) is 0 Å². The number of carbonyl (C=O) groups excluding carboxylic acids is 1. The molecule has 2 N–H and O–H groups in total. The van der Waals surface area contributed by atoms with Crippen LogP contribution in [-0.4, -0.2) is 38.0 Å². The van der Waals surface area contributed by atoms with Gasteiger partial charge in [0.1, 0.15) is 24.4 Å². The summed E-state index contributed by atoms with van der Waals surface area (Å²) in [5, 5.41) is 10.5. The molecular formula is C15H19N3O3. The number of nitrogens with zero attached hydrogens (tertiary/aromatic N) is 2. The van der Waals surface area contributed by atoms with Crippen molar-refractivity contribution in [2.45, 2.75) is 32.8 Å². The van der Waals surface area contributed by atoms with Crippen LogP contribution < -0.4 is 4.74 Å². The quantitative estimate of drug-likeness (QED) is 0.850. The van der Waals surface area contributed by atoms with E-state index < -0.39 is 5.60 Å². The van der Waals surface area contributed by atoms with E-state index in [1.165, 1.54) is 6.33 Å². The molecule has 0 atom stereocenters. The van der Waals surface area contributed by atoms with Crippen LogP contribution in [0.4, 0.5) is 0 Å². The lowest BCUT2D eigenvalue weighted by Gasteiger charge is -2.17. The summed E-state index contributed by atoms with van der Waals surface area (Å²) >= 11 is 0. The van der Waals surface area contributed by atoms with E-state index in [4.69, 9.17) is 4.74 Å². The van der Waals surface area contributed by atoms with Crippen LogP contribution in [-0.2, 0) is 4.79 Å². The summed E-state index contributed by atoms with van der Waals surface area (Å²) in [6.07, 6.45) is 7.19. The van der Waals surface area contributed by atoms with Crippen molar-refractivity contribution in [3.63, 3.8) is 0 Å². The minimum atomic E-state index is -0.946. The number of carbonyl (C=O) groups is 1. The van der Waals surface area contributed by atoms with Crippen LogP contribution >= 0.6 is 0 Å². The lowest BCUT2D eigenvalue weighted by atomic mass is 10.1. The standard InChI is InChI=1S/C15H19N3O3/c1-10(19)5-4-6-11-7-16-13-12(11)14(18-9-17-13)21-8-15(2,3)20/h4,6-7,9,20H,5,8H2,1-3H3,(H,16,17,18)/b6-4+. The molecule has 6 heteroatoms. The van der Waals surface area contributed by atoms with Crippen molar-refractivity contribution < 1.29 is 14.6 Å². The van der Waals surface area contributed by atoms with Gasteiger partial charge in [0.2, 0.25) is 5.88 Å². The number of allylic oxidation sites excluding steroid dienone is 1. The maximum atomic E-state index is 11.0. The molecule has 2 aromatic rings. The maximum absolute atomic E-state index is 11.0. The second-order valence-corrected chi connectivity index (χ2v) is 5.56. The zero-order chi connectivity index (χ0) is 15.5. The highest BCUT2D eigenvalue weighted by Gasteiger charge is 2.16. The van der Waals surface area contributed by atoms with E-state index in [2.05, 4.69) is 15.0 Å². The first kappa shape index (κ1) is 15.2. The molecule has 0 saturated carbocycles. The summed E-state index contributed by atoms with van der Waals surface area (Å²) in [4.78, 5) is 22.3. The van der Waals surface area contributed by atoms with E-state index in [0.717, 1.165) is 10.9 Å². The van der Waals surface area contributed by atoms with Gasteiger partial charge in [0.05, 0.1) is 11.0 Å². The summed E-state index contributed by atoms with van der Waals surface area (Å²) < 4.78 is 5.59. The van der Waals surface area contributed by atoms with Crippen molar-refractivity contribution in [2.75, 3.05) is 6.61 Å². The van der Waals surface area contributed by atoms with Gasteiger partial charge in [0.15, 0.2) is 0 Å². The third-order valence-corrected chi connectivity index (χ3v) is 2.73. The number of aromatic nitrogens is 3. The number of rotatable bonds is 6. The number of H-pyrrole nitrogens is 1. The number of fused-ring (bicyclic) bond motifs is 1. The summed E-state index contributed by atoms with van der Waals surface area (Å²) in [6.45, 7) is 4.99. The minimum absolute atomic E-state index is 0.0980. The molecular weight excluding hydrogens is 270 g/mol. The van der Waals surface area contributed by atoms with Gasteiger partial charge in [-0.15, -0.1) is 0 Å². The molecule has 0 fully saturated rings. The molecule has 0 unspecified atom stereocenters.